The van der Waals surface area contributed by atoms with Crippen molar-refractivity contribution in [2.75, 3.05) is 13.1 Å². The summed E-state index contributed by atoms with van der Waals surface area (Å²) in [5.74, 6) is -0.130. The molecule has 0 atom stereocenters. The Morgan fingerprint density at radius 3 is 2.67 bits per heavy atom. The molecule has 2 aromatic rings. The average molecular weight is 390 g/mol. The van der Waals surface area contributed by atoms with Crippen LogP contribution >= 0.6 is 0 Å². The first-order chi connectivity index (χ1) is 12.9. The van der Waals surface area contributed by atoms with Gasteiger partial charge in [-0.3, -0.25) is 4.79 Å². The number of carbonyl (C=O) groups excluding carboxylic acids is 1. The summed E-state index contributed by atoms with van der Waals surface area (Å²) >= 11 is 0. The Morgan fingerprint density at radius 1 is 1.22 bits per heavy atom. The fourth-order valence-electron chi connectivity index (χ4n) is 3.17. The third-order valence-corrected chi connectivity index (χ3v) is 6.55. The zero-order chi connectivity index (χ0) is 19.0. The molecule has 27 heavy (non-hydrogen) atoms. The summed E-state index contributed by atoms with van der Waals surface area (Å²) in [6, 6.07) is 4.99. The van der Waals surface area contributed by atoms with Crippen LogP contribution < -0.4 is 4.72 Å². The number of amides is 1. The van der Waals surface area contributed by atoms with Crippen LogP contribution in [0.3, 0.4) is 0 Å². The maximum Gasteiger partial charge on any atom is 0.316 e. The van der Waals surface area contributed by atoms with Gasteiger partial charge >= 0.3 is 11.8 Å². The van der Waals surface area contributed by atoms with Crippen LogP contribution in [-0.2, 0) is 10.0 Å². The van der Waals surface area contributed by atoms with Gasteiger partial charge in [-0.1, -0.05) is 17.3 Å². The molecule has 0 unspecified atom stereocenters. The zero-order valence-electron chi connectivity index (χ0n) is 15.1. The lowest BCUT2D eigenvalue weighted by atomic mass is 10.1. The van der Waals surface area contributed by atoms with E-state index in [-0.39, 0.29) is 28.6 Å². The highest BCUT2D eigenvalue weighted by atomic mass is 32.2. The molecule has 0 bridgehead atoms. The van der Waals surface area contributed by atoms with Crippen molar-refractivity contribution in [1.82, 2.24) is 19.8 Å². The fourth-order valence-corrected chi connectivity index (χ4v) is 4.75. The van der Waals surface area contributed by atoms with Crippen LogP contribution in [0.2, 0.25) is 0 Å². The molecule has 1 aromatic carbocycles. The van der Waals surface area contributed by atoms with E-state index in [9.17, 15) is 13.2 Å². The molecule has 9 heteroatoms. The maximum absolute atomic E-state index is 12.6. The number of nitrogens with zero attached hydrogens (tertiary/aromatic N) is 3. The third kappa shape index (κ3) is 3.89. The molecular weight excluding hydrogens is 368 g/mol. The summed E-state index contributed by atoms with van der Waals surface area (Å²) in [6.45, 7) is 3.12. The van der Waals surface area contributed by atoms with Crippen LogP contribution in [0, 0.1) is 6.92 Å². The maximum atomic E-state index is 12.6. The van der Waals surface area contributed by atoms with E-state index in [1.165, 1.54) is 6.07 Å². The van der Waals surface area contributed by atoms with Crippen molar-refractivity contribution < 1.29 is 17.7 Å². The van der Waals surface area contributed by atoms with E-state index in [0.29, 0.717) is 24.2 Å². The van der Waals surface area contributed by atoms with Crippen LogP contribution in [-0.4, -0.2) is 48.5 Å². The number of benzene rings is 1. The Balaban J connectivity index is 1.59. The van der Waals surface area contributed by atoms with Crippen molar-refractivity contribution >= 4 is 15.9 Å². The number of carbonyl (C=O) groups is 1. The van der Waals surface area contributed by atoms with E-state index in [0.717, 1.165) is 32.1 Å². The van der Waals surface area contributed by atoms with Crippen LogP contribution in [0.5, 0.6) is 0 Å². The predicted octanol–water partition coefficient (Wildman–Crippen LogP) is 2.11. The first-order valence-corrected chi connectivity index (χ1v) is 10.7. The van der Waals surface area contributed by atoms with Crippen molar-refractivity contribution in [2.24, 2.45) is 0 Å². The Labute approximate surface area is 158 Å². The molecule has 0 radical (unpaired) electrons. The second-order valence-electron chi connectivity index (χ2n) is 7.15. The van der Waals surface area contributed by atoms with Gasteiger partial charge in [0.25, 0.3) is 0 Å². The number of hydrogen-bond donors (Lipinski definition) is 1. The van der Waals surface area contributed by atoms with Gasteiger partial charge in [0.05, 0.1) is 4.90 Å². The van der Waals surface area contributed by atoms with Gasteiger partial charge in [0.2, 0.25) is 15.8 Å². The van der Waals surface area contributed by atoms with E-state index in [2.05, 4.69) is 14.9 Å². The minimum Gasteiger partial charge on any atom is -0.334 e. The lowest BCUT2D eigenvalue weighted by Gasteiger charge is -2.24. The van der Waals surface area contributed by atoms with Gasteiger partial charge in [-0.05, 0) is 50.7 Å². The molecule has 1 aliphatic carbocycles. The van der Waals surface area contributed by atoms with Gasteiger partial charge < -0.3 is 9.42 Å². The summed E-state index contributed by atoms with van der Waals surface area (Å²) in [6.07, 6.45) is 4.80. The van der Waals surface area contributed by atoms with Crippen molar-refractivity contribution in [1.29, 1.82) is 0 Å². The predicted molar refractivity (Wildman–Crippen MR) is 97.6 cm³/mol. The number of nitrogens with one attached hydrogen (secondary N) is 1. The quantitative estimate of drug-likeness (QED) is 0.838. The van der Waals surface area contributed by atoms with Crippen molar-refractivity contribution in [3.63, 3.8) is 0 Å². The summed E-state index contributed by atoms with van der Waals surface area (Å²) in [5, 5.41) is 3.88. The molecule has 1 amide bonds. The minimum absolute atomic E-state index is 0.0250. The molecular formula is C18H22N4O4S. The number of piperidine rings is 1. The molecule has 144 valence electrons. The third-order valence-electron chi connectivity index (χ3n) is 4.89. The molecule has 1 saturated heterocycles. The number of likely N-dealkylation sites (tertiary alicyclic amines) is 1. The first-order valence-electron chi connectivity index (χ1n) is 9.20. The SMILES string of the molecule is Cc1ccc(-c2noc(C(=O)N3CCCCC3)n2)cc1S(=O)(=O)NC1CC1. The van der Waals surface area contributed by atoms with Crippen LogP contribution in [0.25, 0.3) is 11.4 Å². The molecule has 1 saturated carbocycles. The lowest BCUT2D eigenvalue weighted by molar-refractivity contribution is 0.0674. The molecule has 0 spiro atoms. The molecule has 2 heterocycles. The summed E-state index contributed by atoms with van der Waals surface area (Å²) in [5.41, 5.74) is 1.14. The highest BCUT2D eigenvalue weighted by Gasteiger charge is 2.29. The Kier molecular flexibility index (Phi) is 4.73. The minimum atomic E-state index is -3.60. The largest absolute Gasteiger partial charge is 0.334 e. The van der Waals surface area contributed by atoms with E-state index in [1.807, 2.05) is 0 Å². The highest BCUT2D eigenvalue weighted by Crippen LogP contribution is 2.27. The van der Waals surface area contributed by atoms with E-state index in [1.54, 1.807) is 24.0 Å². The molecule has 8 nitrogen and oxygen atoms in total. The standard InChI is InChI=1S/C18H22N4O4S/c1-12-5-6-13(11-15(12)27(24,25)21-14-7-8-14)16-19-17(26-20-16)18(23)22-9-3-2-4-10-22/h5-6,11,14,21H,2-4,7-10H2,1H3. The highest BCUT2D eigenvalue weighted by molar-refractivity contribution is 7.89. The second-order valence-corrected chi connectivity index (χ2v) is 8.83. The van der Waals surface area contributed by atoms with Gasteiger partial charge in [0.15, 0.2) is 0 Å². The van der Waals surface area contributed by atoms with Gasteiger partial charge in [-0.2, -0.15) is 4.98 Å². The Hall–Kier alpha value is -2.26. The smallest absolute Gasteiger partial charge is 0.316 e. The lowest BCUT2D eigenvalue weighted by Crippen LogP contribution is -2.35. The normalized spacial score (nSPS) is 17.9. The second kappa shape index (κ2) is 7.05. The van der Waals surface area contributed by atoms with Crippen LogP contribution in [0.15, 0.2) is 27.6 Å². The summed E-state index contributed by atoms with van der Waals surface area (Å²) < 4.78 is 33.0. The van der Waals surface area contributed by atoms with Gasteiger partial charge in [-0.15, -0.1) is 0 Å². The molecule has 2 aliphatic rings. The number of aromatic nitrogens is 2. The average Bonchev–Trinajstić information content (AvgIpc) is 3.32. The van der Waals surface area contributed by atoms with E-state index in [4.69, 9.17) is 4.52 Å². The van der Waals surface area contributed by atoms with Crippen molar-refractivity contribution in [3.8, 4) is 11.4 Å². The molecule has 1 aromatic heterocycles. The number of hydrogen-bond acceptors (Lipinski definition) is 6. The van der Waals surface area contributed by atoms with Crippen LogP contribution in [0.1, 0.15) is 48.4 Å². The Bertz CT molecular complexity index is 959. The number of rotatable bonds is 5. The molecule has 1 N–H and O–H groups in total. The van der Waals surface area contributed by atoms with Gasteiger partial charge in [0, 0.05) is 24.7 Å². The zero-order valence-corrected chi connectivity index (χ0v) is 16.0. The number of aryl methyl sites for hydroxylation is 1. The van der Waals surface area contributed by atoms with E-state index >= 15 is 0 Å². The molecule has 2 fully saturated rings. The van der Waals surface area contributed by atoms with Gasteiger partial charge in [0.1, 0.15) is 0 Å². The molecule has 4 rings (SSSR count). The van der Waals surface area contributed by atoms with Crippen molar-refractivity contribution in [2.45, 2.75) is 50.0 Å². The summed E-state index contributed by atoms with van der Waals surface area (Å²) in [7, 11) is -3.60. The number of sulfonamides is 1. The molecule has 1 aliphatic heterocycles. The van der Waals surface area contributed by atoms with Crippen molar-refractivity contribution in [3.05, 3.63) is 29.7 Å². The van der Waals surface area contributed by atoms with Gasteiger partial charge in [-0.25, -0.2) is 13.1 Å². The first kappa shape index (κ1) is 18.1. The van der Waals surface area contributed by atoms with Crippen LogP contribution in [0.4, 0.5) is 0 Å². The monoisotopic (exact) mass is 390 g/mol. The topological polar surface area (TPSA) is 105 Å². The van der Waals surface area contributed by atoms with E-state index < -0.39 is 10.0 Å². The fraction of sp³-hybridized carbons (Fsp3) is 0.500. The Morgan fingerprint density at radius 2 is 1.96 bits per heavy atom. The summed E-state index contributed by atoms with van der Waals surface area (Å²) in [4.78, 5) is 18.6.